The lowest BCUT2D eigenvalue weighted by Gasteiger charge is -2.20. The van der Waals surface area contributed by atoms with E-state index in [4.69, 9.17) is 5.11 Å². The first-order chi connectivity index (χ1) is 7.79. The molecule has 0 aliphatic carbocycles. The largest absolute Gasteiger partial charge is 0.395 e. The molecule has 1 heterocycles. The summed E-state index contributed by atoms with van der Waals surface area (Å²) in [5.41, 5.74) is -0.965. The topological polar surface area (TPSA) is 89.9 Å². The Hall–Kier alpha value is -1.63. The van der Waals surface area contributed by atoms with Crippen LogP contribution in [0.25, 0.3) is 0 Å². The lowest BCUT2D eigenvalue weighted by atomic mass is 10.1. The Balaban J connectivity index is 2.67. The summed E-state index contributed by atoms with van der Waals surface area (Å²) in [5.74, 6) is -0.812. The number of hydrogen-bond donors (Lipinski definition) is 2. The quantitative estimate of drug-likeness (QED) is 0.605. The van der Waals surface area contributed by atoms with Crippen molar-refractivity contribution in [2.24, 2.45) is 0 Å². The number of carbonyl (C=O) groups is 3. The summed E-state index contributed by atoms with van der Waals surface area (Å²) < 4.78 is 0. The number of nitrogens with one attached hydrogen (secondary N) is 1. The lowest BCUT2D eigenvalue weighted by Crippen LogP contribution is -2.44. The van der Waals surface area contributed by atoms with Crippen LogP contribution in [0.2, 0.25) is 0 Å². The van der Waals surface area contributed by atoms with Crippen molar-refractivity contribution >= 4 is 17.8 Å². The number of amides is 4. The predicted molar refractivity (Wildman–Crippen MR) is 59.0 cm³/mol. The van der Waals surface area contributed by atoms with E-state index in [1.54, 1.807) is 13.8 Å². The first-order valence-corrected chi connectivity index (χ1v) is 5.28. The molecule has 0 radical (unpaired) electrons. The van der Waals surface area contributed by atoms with E-state index in [9.17, 15) is 14.4 Å². The van der Waals surface area contributed by atoms with Gasteiger partial charge in [-0.1, -0.05) is 0 Å². The van der Waals surface area contributed by atoms with Crippen LogP contribution < -0.4 is 5.32 Å². The Labute approximate surface area is 99.4 Å². The number of aliphatic hydroxyl groups is 1. The molecule has 4 amide bonds. The fourth-order valence-electron chi connectivity index (χ4n) is 1.49. The van der Waals surface area contributed by atoms with Crippen molar-refractivity contribution in [1.82, 2.24) is 15.1 Å². The molecular formula is C10H17N3O4. The number of likely N-dealkylation sites (N-methyl/N-ethyl adjacent to an activating group) is 1. The van der Waals surface area contributed by atoms with Crippen molar-refractivity contribution in [2.75, 3.05) is 26.7 Å². The van der Waals surface area contributed by atoms with E-state index in [0.717, 1.165) is 4.90 Å². The van der Waals surface area contributed by atoms with Gasteiger partial charge in [0.1, 0.15) is 12.1 Å². The zero-order valence-electron chi connectivity index (χ0n) is 10.2. The SMILES string of the molecule is CN(CCO)C(=O)CN1C(=O)NC(C)(C)C1=O. The second-order valence-corrected chi connectivity index (χ2v) is 4.49. The third kappa shape index (κ3) is 2.73. The van der Waals surface area contributed by atoms with Crippen LogP contribution >= 0.6 is 0 Å². The van der Waals surface area contributed by atoms with E-state index in [0.29, 0.717) is 0 Å². The molecule has 0 spiro atoms. The van der Waals surface area contributed by atoms with E-state index in [1.165, 1.54) is 11.9 Å². The summed E-state index contributed by atoms with van der Waals surface area (Å²) in [5, 5.41) is 11.2. The van der Waals surface area contributed by atoms with Gasteiger partial charge >= 0.3 is 6.03 Å². The average molecular weight is 243 g/mol. The van der Waals surface area contributed by atoms with Gasteiger partial charge < -0.3 is 15.3 Å². The summed E-state index contributed by atoms with van der Waals surface area (Å²) in [6.07, 6.45) is 0. The summed E-state index contributed by atoms with van der Waals surface area (Å²) in [6.45, 7) is 2.87. The minimum Gasteiger partial charge on any atom is -0.395 e. The van der Waals surface area contributed by atoms with E-state index < -0.39 is 17.5 Å². The fourth-order valence-corrected chi connectivity index (χ4v) is 1.49. The zero-order valence-corrected chi connectivity index (χ0v) is 10.2. The van der Waals surface area contributed by atoms with Crippen LogP contribution in [0.5, 0.6) is 0 Å². The molecule has 17 heavy (non-hydrogen) atoms. The van der Waals surface area contributed by atoms with Gasteiger partial charge in [0.2, 0.25) is 5.91 Å². The van der Waals surface area contributed by atoms with Gasteiger partial charge in [0.25, 0.3) is 5.91 Å². The minimum absolute atomic E-state index is 0.159. The highest BCUT2D eigenvalue weighted by atomic mass is 16.3. The molecule has 0 saturated carbocycles. The first kappa shape index (κ1) is 13.4. The molecule has 7 heteroatoms. The maximum Gasteiger partial charge on any atom is 0.325 e. The normalized spacial score (nSPS) is 18.2. The summed E-state index contributed by atoms with van der Waals surface area (Å²) >= 11 is 0. The highest BCUT2D eigenvalue weighted by molar-refractivity contribution is 6.08. The number of aliphatic hydroxyl groups excluding tert-OH is 1. The number of urea groups is 1. The third-order valence-corrected chi connectivity index (χ3v) is 2.60. The van der Waals surface area contributed by atoms with E-state index >= 15 is 0 Å². The van der Waals surface area contributed by atoms with Crippen molar-refractivity contribution in [2.45, 2.75) is 19.4 Å². The molecule has 0 bridgehead atoms. The Morgan fingerprint density at radius 2 is 2.06 bits per heavy atom. The first-order valence-electron chi connectivity index (χ1n) is 5.28. The zero-order chi connectivity index (χ0) is 13.2. The Kier molecular flexibility index (Phi) is 3.72. The van der Waals surface area contributed by atoms with Crippen LogP contribution in [0.4, 0.5) is 4.79 Å². The molecule has 0 aromatic rings. The molecule has 2 N–H and O–H groups in total. The molecule has 1 saturated heterocycles. The van der Waals surface area contributed by atoms with Crippen molar-refractivity contribution < 1.29 is 19.5 Å². The molecule has 1 aliphatic rings. The number of carbonyl (C=O) groups excluding carboxylic acids is 3. The highest BCUT2D eigenvalue weighted by Crippen LogP contribution is 2.16. The molecule has 7 nitrogen and oxygen atoms in total. The Morgan fingerprint density at radius 3 is 2.47 bits per heavy atom. The second-order valence-electron chi connectivity index (χ2n) is 4.49. The number of rotatable bonds is 4. The van der Waals surface area contributed by atoms with Crippen LogP contribution in [0, 0.1) is 0 Å². The van der Waals surface area contributed by atoms with E-state index in [1.807, 2.05) is 0 Å². The van der Waals surface area contributed by atoms with Gasteiger partial charge in [0.05, 0.1) is 6.61 Å². The molecule has 0 atom stereocenters. The van der Waals surface area contributed by atoms with Crippen LogP contribution in [-0.4, -0.2) is 65.0 Å². The van der Waals surface area contributed by atoms with Crippen LogP contribution in [0.1, 0.15) is 13.8 Å². The molecule has 0 aromatic carbocycles. The molecule has 0 aromatic heterocycles. The average Bonchev–Trinajstić information content (AvgIpc) is 2.41. The van der Waals surface area contributed by atoms with Crippen molar-refractivity contribution in [3.8, 4) is 0 Å². The van der Waals surface area contributed by atoms with Crippen LogP contribution in [-0.2, 0) is 9.59 Å². The highest BCUT2D eigenvalue weighted by Gasteiger charge is 2.45. The van der Waals surface area contributed by atoms with Crippen molar-refractivity contribution in [1.29, 1.82) is 0 Å². The van der Waals surface area contributed by atoms with E-state index in [-0.39, 0.29) is 25.6 Å². The van der Waals surface area contributed by atoms with Gasteiger partial charge in [-0.15, -0.1) is 0 Å². The Morgan fingerprint density at radius 1 is 1.47 bits per heavy atom. The summed E-state index contributed by atoms with van der Waals surface area (Å²) in [4.78, 5) is 37.1. The molecule has 96 valence electrons. The van der Waals surface area contributed by atoms with Gasteiger partial charge in [-0.25, -0.2) is 4.79 Å². The molecule has 1 fully saturated rings. The fraction of sp³-hybridized carbons (Fsp3) is 0.700. The van der Waals surface area contributed by atoms with Gasteiger partial charge in [-0.05, 0) is 13.8 Å². The maximum absolute atomic E-state index is 11.8. The molecular weight excluding hydrogens is 226 g/mol. The van der Waals surface area contributed by atoms with Crippen LogP contribution in [0.15, 0.2) is 0 Å². The van der Waals surface area contributed by atoms with Gasteiger partial charge in [0.15, 0.2) is 0 Å². The monoisotopic (exact) mass is 243 g/mol. The second kappa shape index (κ2) is 4.70. The Bertz CT molecular complexity index is 353. The minimum atomic E-state index is -0.965. The van der Waals surface area contributed by atoms with Crippen LogP contribution in [0.3, 0.4) is 0 Å². The molecule has 0 unspecified atom stereocenters. The molecule has 1 rings (SSSR count). The number of nitrogens with zero attached hydrogens (tertiary/aromatic N) is 2. The molecule has 1 aliphatic heterocycles. The number of hydrogen-bond acceptors (Lipinski definition) is 4. The van der Waals surface area contributed by atoms with Crippen molar-refractivity contribution in [3.05, 3.63) is 0 Å². The van der Waals surface area contributed by atoms with E-state index in [2.05, 4.69) is 5.32 Å². The smallest absolute Gasteiger partial charge is 0.325 e. The van der Waals surface area contributed by atoms with Gasteiger partial charge in [-0.2, -0.15) is 0 Å². The number of imide groups is 1. The predicted octanol–water partition coefficient (Wildman–Crippen LogP) is -1.23. The summed E-state index contributed by atoms with van der Waals surface area (Å²) in [6, 6.07) is -0.564. The third-order valence-electron chi connectivity index (χ3n) is 2.60. The van der Waals surface area contributed by atoms with Gasteiger partial charge in [-0.3, -0.25) is 14.5 Å². The standard InChI is InChI=1S/C10H17N3O4/c1-10(2)8(16)13(9(17)11-10)6-7(15)12(3)4-5-14/h14H,4-6H2,1-3H3,(H,11,17). The summed E-state index contributed by atoms with van der Waals surface area (Å²) in [7, 11) is 1.50. The van der Waals surface area contributed by atoms with Crippen molar-refractivity contribution in [3.63, 3.8) is 0 Å². The lowest BCUT2D eigenvalue weighted by molar-refractivity contribution is -0.138. The van der Waals surface area contributed by atoms with Gasteiger partial charge in [0, 0.05) is 13.6 Å². The maximum atomic E-state index is 11.8.